The van der Waals surface area contributed by atoms with Crippen LogP contribution in [0.2, 0.25) is 13.3 Å². The largest absolute Gasteiger partial charge is 0.393 e. The van der Waals surface area contributed by atoms with Gasteiger partial charge in [0.1, 0.15) is 5.70 Å². The van der Waals surface area contributed by atoms with Crippen molar-refractivity contribution < 1.29 is 74.1 Å². The number of carbonyl (C=O) groups is 6. The molecular weight excluding hydrogens is 1480 g/mol. The Kier molecular flexibility index (Phi) is 21.0. The van der Waals surface area contributed by atoms with E-state index in [2.05, 4.69) is 43.9 Å². The Morgan fingerprint density at radius 3 is 1.64 bits per heavy atom. The number of nitrogens with zero attached hydrogens (tertiary/aromatic N) is 9. The number of nitrogens with two attached hydrogens (primary N) is 2. The zero-order chi connectivity index (χ0) is 73.5. The second kappa shape index (κ2) is 28.8. The third kappa shape index (κ3) is 13.7. The molecule has 4 amide bonds. The van der Waals surface area contributed by atoms with Crippen LogP contribution >= 0.6 is 8.60 Å². The molecule has 0 saturated carbocycles. The number of amides is 4. The summed E-state index contributed by atoms with van der Waals surface area (Å²) in [6.07, 6.45) is 11.1. The number of hydrogen-bond acceptors (Lipinski definition) is 15. The van der Waals surface area contributed by atoms with Crippen molar-refractivity contribution in [3.63, 3.8) is 0 Å². The summed E-state index contributed by atoms with van der Waals surface area (Å²) in [5.74, 6) is -4.40. The summed E-state index contributed by atoms with van der Waals surface area (Å²) >= 11 is -2.65. The summed E-state index contributed by atoms with van der Waals surface area (Å²) in [5.41, 5.74) is 24.1. The van der Waals surface area contributed by atoms with Gasteiger partial charge in [0.2, 0.25) is 38.0 Å². The molecule has 25 nitrogen and oxygen atoms in total. The van der Waals surface area contributed by atoms with Gasteiger partial charge in [-0.3, -0.25) is 28.3 Å². The number of benzene rings is 4. The number of nitrogens with one attached hydrogen (secondary N) is 1. The maximum Gasteiger partial charge on any atom is 0.364 e. The number of β-lactam (4-membered cyclic amide) rings is 2. The minimum Gasteiger partial charge on any atom is -0.393 e. The van der Waals surface area contributed by atoms with Crippen LogP contribution in [0.3, 0.4) is 0 Å². The van der Waals surface area contributed by atoms with E-state index in [1.54, 1.807) is 19.1 Å². The van der Waals surface area contributed by atoms with Gasteiger partial charge in [-0.15, -0.1) is 0 Å². The number of carbonyl (C=O) groups excluding carboxylic acids is 6. The molecule has 0 aliphatic carbocycles. The van der Waals surface area contributed by atoms with E-state index in [4.69, 9.17) is 29.5 Å². The van der Waals surface area contributed by atoms with Crippen LogP contribution in [0.25, 0.3) is 27.1 Å². The molecule has 550 valence electrons. The van der Waals surface area contributed by atoms with Gasteiger partial charge in [-0.2, -0.15) is 4.79 Å². The molecule has 30 heteroatoms. The van der Waals surface area contributed by atoms with Crippen molar-refractivity contribution in [1.82, 2.24) is 15.1 Å². The van der Waals surface area contributed by atoms with E-state index in [0.717, 1.165) is 145 Å². The zero-order valence-electron chi connectivity index (χ0n) is 59.8. The molecule has 103 heavy (non-hydrogen) atoms. The van der Waals surface area contributed by atoms with Crippen molar-refractivity contribution in [2.75, 3.05) is 91.7 Å². The fourth-order valence-electron chi connectivity index (χ4n) is 20.2. The second-order valence-electron chi connectivity index (χ2n) is 32.1. The van der Waals surface area contributed by atoms with E-state index in [1.807, 2.05) is 35.5 Å². The van der Waals surface area contributed by atoms with Crippen molar-refractivity contribution in [1.29, 1.82) is 0 Å². The van der Waals surface area contributed by atoms with Gasteiger partial charge in [0, 0.05) is 62.7 Å². The second-order valence-corrected chi connectivity index (χ2v) is 50.1. The molecule has 4 aromatic rings. The van der Waals surface area contributed by atoms with Crippen LogP contribution in [0.1, 0.15) is 116 Å². The Bertz CT molecular complexity index is 4420. The van der Waals surface area contributed by atoms with Crippen molar-refractivity contribution in [3.8, 4) is 0 Å². The minimum absolute atomic E-state index is 0.00186. The van der Waals surface area contributed by atoms with Crippen LogP contribution < -0.4 is 25.4 Å². The smallest absolute Gasteiger partial charge is 0.364 e. The van der Waals surface area contributed by atoms with Crippen molar-refractivity contribution in [2.45, 2.75) is 165 Å². The van der Waals surface area contributed by atoms with Gasteiger partial charge in [0.05, 0.1) is 79.4 Å². The Balaban J connectivity index is 0.000000153. The fourth-order valence-corrected chi connectivity index (χ4v) is 40.4. The Morgan fingerprint density at radius 1 is 0.738 bits per heavy atom. The van der Waals surface area contributed by atoms with Crippen molar-refractivity contribution in [3.05, 3.63) is 88.6 Å². The number of hydrogen-bond donors (Lipinski definition) is 5. The first-order valence-corrected chi connectivity index (χ1v) is 48.6. The summed E-state index contributed by atoms with van der Waals surface area (Å²) in [5, 5.41) is 25.9. The van der Waals surface area contributed by atoms with Gasteiger partial charge >= 0.3 is 233 Å². The average Bonchev–Trinajstić information content (AvgIpc) is 1.55. The normalized spacial score (nSPS) is 31.8. The Labute approximate surface area is 610 Å². The predicted molar refractivity (Wildman–Crippen MR) is 393 cm³/mol. The molecule has 0 aromatic heterocycles. The third-order valence-electron chi connectivity index (χ3n) is 26.3. The predicted octanol–water partition coefficient (Wildman–Crippen LogP) is 6.18. The standard InChI is InChI=1S/C32H37BN5O7PS.C22H26N3O3S.C10H15N3O3.C9H18N.Sn/c1-18-22(29(31(42)45-46-35-33)37-28(18)26(19(2)39)30(37)41)17-36-23-5-3-4-21-20(6-7-24(27(21)23)47(36,43)44)8-12-38-13-9-32(10-14-38,11-15-38)16-25(34)40;1-24-18-4-2-3-17-16(5-6-19(21(17)18)29(24,27)28)7-11-25-12-8-22(9-13-25,10-14-25)15-20(23)26;1-4(9(15)5(2)13-11)8-7(6(3)14)10(16)12-8;1-4-7-10(8-5-2)9-6-3;/h3-7,18-19,26,28,39H,8-17H2,1-2H3,(H-,34,40);2-6H,1,7-15H2,(H-,23,26);4,6-8,14H,1-3H3,(H,12,16);1-9H2;/p+2. The number of aliphatic hydroxyl groups excluding tert-OH is 2. The molecule has 14 aliphatic rings. The maximum absolute atomic E-state index is 14.1. The molecule has 7 N–H and O–H groups in total. The molecule has 14 heterocycles. The molecule has 8 unspecified atom stereocenters. The maximum atomic E-state index is 14.1. The van der Waals surface area contributed by atoms with Crippen molar-refractivity contribution in [2.24, 2.45) is 50.6 Å². The van der Waals surface area contributed by atoms with Crippen LogP contribution in [0.4, 0.5) is 11.4 Å². The van der Waals surface area contributed by atoms with E-state index in [0.29, 0.717) is 34.4 Å². The van der Waals surface area contributed by atoms with E-state index < -0.39 is 98.3 Å². The number of ketones is 1. The number of Topliss-reactive ketones (excluding diaryl/α,β-unsaturated/α-hetero) is 1. The van der Waals surface area contributed by atoms with Crippen LogP contribution in [-0.2, 0) is 66.2 Å². The summed E-state index contributed by atoms with van der Waals surface area (Å²) < 4.78 is 75.1. The number of anilines is 2. The number of quaternary nitrogens is 2. The molecule has 11 fully saturated rings. The number of rotatable bonds is 21. The first-order chi connectivity index (χ1) is 48.9. The zero-order valence-corrected chi connectivity index (χ0v) is 65.2. The number of sulfonamides is 2. The SMILES string of the molecule is CC(=[N+]=[N-])C(=O)C(C)C1NC(=O)C1C(C)O.NC(=O)CC12CC[N+](CCc3ccc4c5c(cccc35)N([CH2][Sn]35[CH2]CCN(CC[CH2]3)CC[CH2]5)S4(=O)=O)(CC1)CC2.[B]N=POC(=O)C1=C(CN2c3cccc4c(CC[N+]56CCC(CC(N)=O)(CC5)CC6)ccc(c34)S2(=O)=O)C(C)C2C(C(C)O)C(=O)N12. The van der Waals surface area contributed by atoms with Gasteiger partial charge in [-0.05, 0) is 47.9 Å². The molecular formula is C73H98BN12O13PS2Sn+2. The molecule has 8 atom stereocenters. The molecule has 6 bridgehead atoms. The van der Waals surface area contributed by atoms with Crippen LogP contribution in [-0.4, -0.2) is 225 Å². The molecule has 0 spiro atoms. The monoisotopic (exact) mass is 1580 g/mol. The number of primary amides is 2. The van der Waals surface area contributed by atoms with Gasteiger partial charge in [-0.25, -0.2) is 13.2 Å². The summed E-state index contributed by atoms with van der Waals surface area (Å²) in [7, 11) is -2.48. The Hall–Kier alpha value is -6.20. The van der Waals surface area contributed by atoms with Crippen molar-refractivity contribution >= 4 is 129 Å². The molecule has 18 rings (SSSR count). The quantitative estimate of drug-likeness (QED) is 0.0118. The summed E-state index contributed by atoms with van der Waals surface area (Å²) in [6, 6.07) is 18.7. The molecule has 2 radical (unpaired) electrons. The van der Waals surface area contributed by atoms with Gasteiger partial charge in [0.25, 0.3) is 18.0 Å². The molecule has 11 saturated heterocycles. The van der Waals surface area contributed by atoms with E-state index in [-0.39, 0.29) is 65.8 Å². The van der Waals surface area contributed by atoms with E-state index >= 15 is 0 Å². The third-order valence-corrected chi connectivity index (χ3v) is 45.8. The number of piperidine rings is 6. The van der Waals surface area contributed by atoms with Gasteiger partial charge < -0.3 is 51.1 Å². The van der Waals surface area contributed by atoms with Gasteiger partial charge in [-0.1, -0.05) is 32.0 Å². The number of fused-ring (bicyclic) bond motifs is 13. The Morgan fingerprint density at radius 2 is 1.20 bits per heavy atom. The van der Waals surface area contributed by atoms with E-state index in [9.17, 15) is 55.8 Å². The molecule has 14 aliphatic heterocycles. The van der Waals surface area contributed by atoms with Crippen LogP contribution in [0.15, 0.2) is 86.4 Å². The average molecular weight is 1580 g/mol. The summed E-state index contributed by atoms with van der Waals surface area (Å²) in [6.45, 7) is 19.8. The first kappa shape index (κ1) is 75.1. The van der Waals surface area contributed by atoms with Gasteiger partial charge in [0.15, 0.2) is 0 Å². The fraction of sp³-hybridized carbons (Fsp3) is 0.603. The number of aliphatic hydroxyl groups is 2. The minimum atomic E-state index is -4.00. The summed E-state index contributed by atoms with van der Waals surface area (Å²) in [4.78, 5) is 80.1. The van der Waals surface area contributed by atoms with E-state index in [1.165, 1.54) is 87.7 Å². The topological polar surface area (TPSA) is 346 Å². The van der Waals surface area contributed by atoms with Crippen LogP contribution in [0, 0.1) is 34.5 Å². The first-order valence-electron chi connectivity index (χ1n) is 36.9. The molecule has 4 aromatic carbocycles. The van der Waals surface area contributed by atoms with Crippen LogP contribution in [0.5, 0.6) is 0 Å².